The SMILES string of the molecule is CC(Sc1nnc(-c2ccc(Cl)cc2)n1Cc1ccco1)C(=O)N1CCCCCC1. The molecule has 0 aliphatic carbocycles. The van der Waals surface area contributed by atoms with Crippen molar-refractivity contribution in [3.63, 3.8) is 0 Å². The minimum absolute atomic E-state index is 0.169. The largest absolute Gasteiger partial charge is 0.467 e. The molecular weight excluding hydrogens is 420 g/mol. The van der Waals surface area contributed by atoms with Crippen LogP contribution < -0.4 is 0 Å². The van der Waals surface area contributed by atoms with Crippen molar-refractivity contribution < 1.29 is 9.21 Å². The van der Waals surface area contributed by atoms with E-state index in [1.165, 1.54) is 24.6 Å². The highest BCUT2D eigenvalue weighted by molar-refractivity contribution is 8.00. The molecular formula is C22H25ClN4O2S. The van der Waals surface area contributed by atoms with Crippen LogP contribution in [0.25, 0.3) is 11.4 Å². The van der Waals surface area contributed by atoms with Crippen LogP contribution >= 0.6 is 23.4 Å². The van der Waals surface area contributed by atoms with Gasteiger partial charge in [0, 0.05) is 23.7 Å². The summed E-state index contributed by atoms with van der Waals surface area (Å²) < 4.78 is 7.55. The predicted octanol–water partition coefficient (Wildman–Crippen LogP) is 5.12. The molecule has 3 heterocycles. The summed E-state index contributed by atoms with van der Waals surface area (Å²) in [5, 5.41) is 9.97. The second-order valence-corrected chi connectivity index (χ2v) is 9.22. The van der Waals surface area contributed by atoms with Crippen LogP contribution in [0.1, 0.15) is 38.4 Å². The maximum absolute atomic E-state index is 13.0. The average Bonchev–Trinajstić information content (AvgIpc) is 3.31. The number of hydrogen-bond acceptors (Lipinski definition) is 5. The normalized spacial score (nSPS) is 15.7. The highest BCUT2D eigenvalue weighted by Crippen LogP contribution is 2.29. The molecule has 1 saturated heterocycles. The van der Waals surface area contributed by atoms with Gasteiger partial charge in [-0.15, -0.1) is 10.2 Å². The number of aromatic nitrogens is 3. The Bertz CT molecular complexity index is 964. The Morgan fingerprint density at radius 1 is 1.13 bits per heavy atom. The van der Waals surface area contributed by atoms with Gasteiger partial charge in [0.15, 0.2) is 11.0 Å². The first-order valence-electron chi connectivity index (χ1n) is 10.3. The summed E-state index contributed by atoms with van der Waals surface area (Å²) in [5.74, 6) is 1.70. The summed E-state index contributed by atoms with van der Waals surface area (Å²) >= 11 is 7.49. The van der Waals surface area contributed by atoms with Crippen LogP contribution in [0.2, 0.25) is 5.02 Å². The summed E-state index contributed by atoms with van der Waals surface area (Å²) in [6.45, 7) is 4.13. The van der Waals surface area contributed by atoms with Gasteiger partial charge in [0.2, 0.25) is 5.91 Å². The highest BCUT2D eigenvalue weighted by atomic mass is 35.5. The molecule has 0 saturated carbocycles. The molecule has 1 amide bonds. The third-order valence-electron chi connectivity index (χ3n) is 5.26. The molecule has 1 unspecified atom stereocenters. The number of carbonyl (C=O) groups excluding carboxylic acids is 1. The number of benzene rings is 1. The molecule has 1 aromatic carbocycles. The number of amides is 1. The molecule has 30 heavy (non-hydrogen) atoms. The van der Waals surface area contributed by atoms with E-state index in [9.17, 15) is 4.79 Å². The molecule has 1 aliphatic rings. The first-order valence-corrected chi connectivity index (χ1v) is 11.5. The van der Waals surface area contributed by atoms with Crippen molar-refractivity contribution in [1.82, 2.24) is 19.7 Å². The van der Waals surface area contributed by atoms with Crippen LogP contribution in [-0.4, -0.2) is 43.9 Å². The summed E-state index contributed by atoms with van der Waals surface area (Å²) in [7, 11) is 0. The topological polar surface area (TPSA) is 64.2 Å². The summed E-state index contributed by atoms with van der Waals surface area (Å²) in [5.41, 5.74) is 0.914. The minimum atomic E-state index is -0.235. The van der Waals surface area contributed by atoms with E-state index in [0.29, 0.717) is 16.7 Å². The zero-order valence-electron chi connectivity index (χ0n) is 17.0. The number of rotatable bonds is 6. The second kappa shape index (κ2) is 9.71. The second-order valence-electron chi connectivity index (χ2n) is 7.48. The molecule has 4 rings (SSSR count). The molecule has 1 fully saturated rings. The molecule has 0 radical (unpaired) electrons. The number of furan rings is 1. The van der Waals surface area contributed by atoms with Gasteiger partial charge in [-0.1, -0.05) is 36.2 Å². The van der Waals surface area contributed by atoms with Crippen LogP contribution in [0.5, 0.6) is 0 Å². The lowest BCUT2D eigenvalue weighted by molar-refractivity contribution is -0.130. The van der Waals surface area contributed by atoms with E-state index in [0.717, 1.165) is 43.1 Å². The monoisotopic (exact) mass is 444 g/mol. The van der Waals surface area contributed by atoms with Crippen LogP contribution in [0.4, 0.5) is 0 Å². The Morgan fingerprint density at radius 3 is 2.53 bits per heavy atom. The number of likely N-dealkylation sites (tertiary alicyclic amines) is 1. The summed E-state index contributed by atoms with van der Waals surface area (Å²) in [6, 6.07) is 11.3. The van der Waals surface area contributed by atoms with Gasteiger partial charge in [-0.2, -0.15) is 0 Å². The molecule has 2 aromatic heterocycles. The number of halogens is 1. The molecule has 3 aromatic rings. The van der Waals surface area contributed by atoms with E-state index in [1.807, 2.05) is 52.8 Å². The number of thioether (sulfide) groups is 1. The minimum Gasteiger partial charge on any atom is -0.467 e. The van der Waals surface area contributed by atoms with Gasteiger partial charge in [-0.3, -0.25) is 9.36 Å². The van der Waals surface area contributed by atoms with Crippen molar-refractivity contribution >= 4 is 29.3 Å². The fourth-order valence-electron chi connectivity index (χ4n) is 3.65. The van der Waals surface area contributed by atoms with Crippen molar-refractivity contribution in [2.45, 2.75) is 49.6 Å². The Hall–Kier alpha value is -2.25. The van der Waals surface area contributed by atoms with Crippen LogP contribution in [0.3, 0.4) is 0 Å². The van der Waals surface area contributed by atoms with Gasteiger partial charge in [-0.05, 0) is 56.2 Å². The van der Waals surface area contributed by atoms with E-state index in [1.54, 1.807) is 6.26 Å². The average molecular weight is 445 g/mol. The van der Waals surface area contributed by atoms with E-state index < -0.39 is 0 Å². The van der Waals surface area contributed by atoms with Gasteiger partial charge >= 0.3 is 0 Å². The number of hydrogen-bond donors (Lipinski definition) is 0. The van der Waals surface area contributed by atoms with Crippen molar-refractivity contribution in [2.24, 2.45) is 0 Å². The summed E-state index contributed by atoms with van der Waals surface area (Å²) in [4.78, 5) is 15.0. The van der Waals surface area contributed by atoms with Gasteiger partial charge in [0.1, 0.15) is 5.76 Å². The molecule has 0 spiro atoms. The van der Waals surface area contributed by atoms with Crippen molar-refractivity contribution in [3.8, 4) is 11.4 Å². The standard InChI is InChI=1S/C22H25ClN4O2S/c1-16(21(28)26-12-4-2-3-5-13-26)30-22-25-24-20(17-8-10-18(23)11-9-17)27(22)15-19-7-6-14-29-19/h6-11,14,16H,2-5,12-13,15H2,1H3. The van der Waals surface area contributed by atoms with Crippen molar-refractivity contribution in [2.75, 3.05) is 13.1 Å². The van der Waals surface area contributed by atoms with Gasteiger partial charge in [0.05, 0.1) is 18.1 Å². The number of carbonyl (C=O) groups is 1. The molecule has 1 aliphatic heterocycles. The van der Waals surface area contributed by atoms with E-state index in [-0.39, 0.29) is 11.2 Å². The lowest BCUT2D eigenvalue weighted by Gasteiger charge is -2.23. The fourth-order valence-corrected chi connectivity index (χ4v) is 4.70. The quantitative estimate of drug-likeness (QED) is 0.493. The van der Waals surface area contributed by atoms with Crippen molar-refractivity contribution in [1.29, 1.82) is 0 Å². The van der Waals surface area contributed by atoms with E-state index >= 15 is 0 Å². The van der Waals surface area contributed by atoms with Crippen LogP contribution in [-0.2, 0) is 11.3 Å². The lowest BCUT2D eigenvalue weighted by atomic mass is 10.2. The molecule has 0 bridgehead atoms. The van der Waals surface area contributed by atoms with Gasteiger partial charge in [-0.25, -0.2) is 0 Å². The third-order valence-corrected chi connectivity index (χ3v) is 6.58. The Kier molecular flexibility index (Phi) is 6.79. The van der Waals surface area contributed by atoms with E-state index in [4.69, 9.17) is 16.0 Å². The zero-order chi connectivity index (χ0) is 20.9. The fraction of sp³-hybridized carbons (Fsp3) is 0.409. The molecule has 158 valence electrons. The molecule has 6 nitrogen and oxygen atoms in total. The van der Waals surface area contributed by atoms with Gasteiger partial charge < -0.3 is 9.32 Å². The number of nitrogens with zero attached hydrogens (tertiary/aromatic N) is 4. The highest BCUT2D eigenvalue weighted by Gasteiger charge is 2.25. The first-order chi connectivity index (χ1) is 14.6. The Labute approximate surface area is 185 Å². The Morgan fingerprint density at radius 2 is 1.87 bits per heavy atom. The van der Waals surface area contributed by atoms with Crippen LogP contribution in [0, 0.1) is 0 Å². The smallest absolute Gasteiger partial charge is 0.235 e. The first kappa shape index (κ1) is 21.0. The predicted molar refractivity (Wildman–Crippen MR) is 119 cm³/mol. The molecule has 8 heteroatoms. The van der Waals surface area contributed by atoms with E-state index in [2.05, 4.69) is 10.2 Å². The Balaban J connectivity index is 1.58. The van der Waals surface area contributed by atoms with Crippen LogP contribution in [0.15, 0.2) is 52.2 Å². The third kappa shape index (κ3) is 4.90. The van der Waals surface area contributed by atoms with Gasteiger partial charge in [0.25, 0.3) is 0 Å². The zero-order valence-corrected chi connectivity index (χ0v) is 18.5. The summed E-state index contributed by atoms with van der Waals surface area (Å²) in [6.07, 6.45) is 6.22. The molecule has 0 N–H and O–H groups in total. The molecule has 1 atom stereocenters. The lowest BCUT2D eigenvalue weighted by Crippen LogP contribution is -2.37. The maximum Gasteiger partial charge on any atom is 0.235 e. The maximum atomic E-state index is 13.0. The van der Waals surface area contributed by atoms with Crippen molar-refractivity contribution in [3.05, 3.63) is 53.4 Å².